The molecule has 2 aliphatic heterocycles. The number of unbranched alkanes of at least 4 members (excludes halogenated alkanes) is 1. The number of morpholine rings is 1. The van der Waals surface area contributed by atoms with Crippen LogP contribution in [0.5, 0.6) is 0 Å². The van der Waals surface area contributed by atoms with E-state index in [2.05, 4.69) is 14.8 Å². The summed E-state index contributed by atoms with van der Waals surface area (Å²) in [7, 11) is -3.13. The molecule has 0 atom stereocenters. The van der Waals surface area contributed by atoms with Crippen LogP contribution in [0.3, 0.4) is 0 Å². The topological polar surface area (TPSA) is 78.9 Å². The van der Waals surface area contributed by atoms with E-state index in [-0.39, 0.29) is 5.75 Å². The third-order valence-electron chi connectivity index (χ3n) is 4.83. The number of nitrogens with zero attached hydrogens (tertiary/aromatic N) is 5. The molecule has 2 aliphatic rings. The van der Waals surface area contributed by atoms with Gasteiger partial charge in [0.15, 0.2) is 0 Å². The Morgan fingerprint density at radius 3 is 2.38 bits per heavy atom. The van der Waals surface area contributed by atoms with Gasteiger partial charge in [-0.25, -0.2) is 13.4 Å². The van der Waals surface area contributed by atoms with Gasteiger partial charge in [-0.1, -0.05) is 13.3 Å². The van der Waals surface area contributed by atoms with E-state index < -0.39 is 10.0 Å². The van der Waals surface area contributed by atoms with E-state index in [1.165, 1.54) is 0 Å². The molecule has 0 bridgehead atoms. The number of aromatic nitrogens is 2. The minimum atomic E-state index is -3.13. The number of ether oxygens (including phenoxy) is 1. The second kappa shape index (κ2) is 8.49. The number of hydrogen-bond donors (Lipinski definition) is 0. The third kappa shape index (κ3) is 4.63. The van der Waals surface area contributed by atoms with Crippen LogP contribution in [-0.4, -0.2) is 80.9 Å². The summed E-state index contributed by atoms with van der Waals surface area (Å²) in [6.45, 7) is 9.32. The molecule has 3 rings (SSSR count). The SMILES string of the molecule is CCCCS(=O)(=O)N1CCN(c2cc(C)nc(N3CCOCC3)n2)CC1. The quantitative estimate of drug-likeness (QED) is 0.721. The van der Waals surface area contributed by atoms with Crippen LogP contribution in [0.1, 0.15) is 25.5 Å². The highest BCUT2D eigenvalue weighted by Gasteiger charge is 2.27. The van der Waals surface area contributed by atoms with E-state index in [9.17, 15) is 8.42 Å². The summed E-state index contributed by atoms with van der Waals surface area (Å²) < 4.78 is 31.8. The van der Waals surface area contributed by atoms with Crippen LogP contribution in [0.2, 0.25) is 0 Å². The Morgan fingerprint density at radius 1 is 1.04 bits per heavy atom. The smallest absolute Gasteiger partial charge is 0.227 e. The molecule has 2 fully saturated rings. The molecule has 8 nitrogen and oxygen atoms in total. The number of piperazine rings is 1. The fourth-order valence-corrected chi connectivity index (χ4v) is 4.89. The summed E-state index contributed by atoms with van der Waals surface area (Å²) in [5, 5.41) is 0. The van der Waals surface area contributed by atoms with Crippen molar-refractivity contribution in [3.8, 4) is 0 Å². The second-order valence-electron chi connectivity index (χ2n) is 6.82. The highest BCUT2D eigenvalue weighted by atomic mass is 32.2. The first-order valence-corrected chi connectivity index (χ1v) is 11.0. The predicted octanol–water partition coefficient (Wildman–Crippen LogP) is 0.874. The first-order valence-electron chi connectivity index (χ1n) is 9.41. The second-order valence-corrected chi connectivity index (χ2v) is 8.91. The van der Waals surface area contributed by atoms with Crippen molar-refractivity contribution in [3.05, 3.63) is 11.8 Å². The minimum absolute atomic E-state index is 0.247. The lowest BCUT2D eigenvalue weighted by Crippen LogP contribution is -2.49. The summed E-state index contributed by atoms with van der Waals surface area (Å²) in [6.07, 6.45) is 1.61. The number of aryl methyl sites for hydroxylation is 1. The maximum atomic E-state index is 12.4. The molecule has 2 saturated heterocycles. The van der Waals surface area contributed by atoms with E-state index >= 15 is 0 Å². The van der Waals surface area contributed by atoms with Crippen LogP contribution in [0, 0.1) is 6.92 Å². The van der Waals surface area contributed by atoms with E-state index in [1.54, 1.807) is 4.31 Å². The standard InChI is InChI=1S/C17H29N5O3S/c1-3-4-13-26(23,24)22-7-5-20(6-8-22)16-14-15(2)18-17(19-16)21-9-11-25-12-10-21/h14H,3-13H2,1-2H3. The van der Waals surface area contributed by atoms with Gasteiger partial charge in [0, 0.05) is 51.0 Å². The van der Waals surface area contributed by atoms with E-state index in [0.717, 1.165) is 43.4 Å². The summed E-state index contributed by atoms with van der Waals surface area (Å²) in [4.78, 5) is 13.6. The molecule has 0 N–H and O–H groups in total. The molecule has 0 unspecified atom stereocenters. The zero-order valence-electron chi connectivity index (χ0n) is 15.7. The van der Waals surface area contributed by atoms with Crippen molar-refractivity contribution < 1.29 is 13.2 Å². The molecule has 0 saturated carbocycles. The van der Waals surface area contributed by atoms with Crippen LogP contribution in [-0.2, 0) is 14.8 Å². The Balaban J connectivity index is 1.66. The molecular weight excluding hydrogens is 354 g/mol. The molecule has 9 heteroatoms. The molecule has 0 spiro atoms. The van der Waals surface area contributed by atoms with Gasteiger partial charge in [-0.3, -0.25) is 0 Å². The van der Waals surface area contributed by atoms with Gasteiger partial charge in [0.2, 0.25) is 16.0 Å². The molecule has 26 heavy (non-hydrogen) atoms. The molecule has 0 radical (unpaired) electrons. The van der Waals surface area contributed by atoms with E-state index in [4.69, 9.17) is 9.72 Å². The average Bonchev–Trinajstić information content (AvgIpc) is 2.67. The minimum Gasteiger partial charge on any atom is -0.378 e. The Hall–Kier alpha value is -1.45. The Kier molecular flexibility index (Phi) is 6.31. The van der Waals surface area contributed by atoms with Crippen LogP contribution in [0.25, 0.3) is 0 Å². The Bertz CT molecular complexity index is 698. The monoisotopic (exact) mass is 383 g/mol. The Morgan fingerprint density at radius 2 is 1.73 bits per heavy atom. The fraction of sp³-hybridized carbons (Fsp3) is 0.765. The van der Waals surface area contributed by atoms with Crippen LogP contribution in [0.4, 0.5) is 11.8 Å². The third-order valence-corrected chi connectivity index (χ3v) is 6.79. The number of rotatable bonds is 6. The normalized spacial score (nSPS) is 19.8. The van der Waals surface area contributed by atoms with Gasteiger partial charge >= 0.3 is 0 Å². The van der Waals surface area contributed by atoms with Crippen molar-refractivity contribution in [2.45, 2.75) is 26.7 Å². The van der Waals surface area contributed by atoms with Gasteiger partial charge in [0.05, 0.1) is 19.0 Å². The largest absolute Gasteiger partial charge is 0.378 e. The van der Waals surface area contributed by atoms with Crippen molar-refractivity contribution in [2.75, 3.05) is 68.0 Å². The molecule has 1 aromatic rings. The summed E-state index contributed by atoms with van der Waals surface area (Å²) in [6, 6.07) is 1.98. The molecule has 0 aromatic carbocycles. The number of hydrogen-bond acceptors (Lipinski definition) is 7. The van der Waals surface area contributed by atoms with Gasteiger partial charge < -0.3 is 14.5 Å². The highest BCUT2D eigenvalue weighted by molar-refractivity contribution is 7.89. The fourth-order valence-electron chi connectivity index (χ4n) is 3.25. The maximum absolute atomic E-state index is 12.4. The van der Waals surface area contributed by atoms with Gasteiger partial charge in [-0.15, -0.1) is 0 Å². The zero-order chi connectivity index (χ0) is 18.6. The lowest BCUT2D eigenvalue weighted by molar-refractivity contribution is 0.122. The van der Waals surface area contributed by atoms with E-state index in [1.807, 2.05) is 19.9 Å². The molecule has 0 aliphatic carbocycles. The summed E-state index contributed by atoms with van der Waals surface area (Å²) in [5.41, 5.74) is 0.925. The molecule has 1 aromatic heterocycles. The summed E-state index contributed by atoms with van der Waals surface area (Å²) >= 11 is 0. The highest BCUT2D eigenvalue weighted by Crippen LogP contribution is 2.20. The summed E-state index contributed by atoms with van der Waals surface area (Å²) in [5.74, 6) is 1.86. The zero-order valence-corrected chi connectivity index (χ0v) is 16.5. The lowest BCUT2D eigenvalue weighted by atomic mass is 10.3. The van der Waals surface area contributed by atoms with Crippen LogP contribution >= 0.6 is 0 Å². The molecular formula is C17H29N5O3S. The van der Waals surface area contributed by atoms with Crippen molar-refractivity contribution in [2.24, 2.45) is 0 Å². The molecule has 146 valence electrons. The van der Waals surface area contributed by atoms with Crippen molar-refractivity contribution in [1.29, 1.82) is 0 Å². The first kappa shape index (κ1) is 19.3. The van der Waals surface area contributed by atoms with Crippen molar-refractivity contribution in [3.63, 3.8) is 0 Å². The number of sulfonamides is 1. The van der Waals surface area contributed by atoms with Gasteiger partial charge in [-0.05, 0) is 13.3 Å². The van der Waals surface area contributed by atoms with Gasteiger partial charge in [-0.2, -0.15) is 9.29 Å². The Labute approximate surface area is 156 Å². The lowest BCUT2D eigenvalue weighted by Gasteiger charge is -2.35. The van der Waals surface area contributed by atoms with Gasteiger partial charge in [0.1, 0.15) is 5.82 Å². The maximum Gasteiger partial charge on any atom is 0.227 e. The van der Waals surface area contributed by atoms with Crippen molar-refractivity contribution in [1.82, 2.24) is 14.3 Å². The average molecular weight is 384 g/mol. The predicted molar refractivity (Wildman–Crippen MR) is 102 cm³/mol. The molecule has 0 amide bonds. The van der Waals surface area contributed by atoms with Gasteiger partial charge in [0.25, 0.3) is 0 Å². The van der Waals surface area contributed by atoms with Crippen LogP contribution in [0.15, 0.2) is 6.07 Å². The number of anilines is 2. The van der Waals surface area contributed by atoms with E-state index in [0.29, 0.717) is 39.4 Å². The first-order chi connectivity index (χ1) is 12.5. The molecule has 3 heterocycles. The van der Waals surface area contributed by atoms with Crippen molar-refractivity contribution >= 4 is 21.8 Å². The van der Waals surface area contributed by atoms with Crippen LogP contribution < -0.4 is 9.80 Å².